The molecule has 1 unspecified atom stereocenters. The number of unbranched alkanes of at least 4 members (excludes halogenated alkanes) is 1. The van der Waals surface area contributed by atoms with Crippen molar-refractivity contribution >= 4 is 37.6 Å². The van der Waals surface area contributed by atoms with E-state index < -0.39 is 10.0 Å². The van der Waals surface area contributed by atoms with Gasteiger partial charge in [-0.05, 0) is 43.9 Å². The molecule has 0 saturated carbocycles. The standard InChI is InChI=1S/C13H19BrClNO2S/c1-11(10-12-4-6-13(14)7-5-12)16-19(17,18)9-3-2-8-15/h4-7,11,16H,2-3,8-10H2,1H3. The summed E-state index contributed by atoms with van der Waals surface area (Å²) in [5.74, 6) is 0.647. The van der Waals surface area contributed by atoms with Gasteiger partial charge in [-0.2, -0.15) is 0 Å². The van der Waals surface area contributed by atoms with Crippen LogP contribution < -0.4 is 4.72 Å². The molecule has 0 radical (unpaired) electrons. The summed E-state index contributed by atoms with van der Waals surface area (Å²) in [6.07, 6.45) is 2.01. The quantitative estimate of drug-likeness (QED) is 0.565. The lowest BCUT2D eigenvalue weighted by atomic mass is 10.1. The van der Waals surface area contributed by atoms with Crippen LogP contribution in [0.1, 0.15) is 25.3 Å². The number of rotatable bonds is 8. The van der Waals surface area contributed by atoms with E-state index >= 15 is 0 Å². The van der Waals surface area contributed by atoms with E-state index in [0.29, 0.717) is 18.7 Å². The normalized spacial score (nSPS) is 13.4. The SMILES string of the molecule is CC(Cc1ccc(Br)cc1)NS(=O)(=O)CCCCCl. The molecule has 0 amide bonds. The van der Waals surface area contributed by atoms with Crippen molar-refractivity contribution in [3.8, 4) is 0 Å². The number of hydrogen-bond acceptors (Lipinski definition) is 2. The summed E-state index contributed by atoms with van der Waals surface area (Å²) in [6, 6.07) is 7.78. The van der Waals surface area contributed by atoms with Crippen molar-refractivity contribution in [3.63, 3.8) is 0 Å². The highest BCUT2D eigenvalue weighted by atomic mass is 79.9. The zero-order valence-corrected chi connectivity index (χ0v) is 14.1. The minimum absolute atomic E-state index is 0.109. The van der Waals surface area contributed by atoms with Gasteiger partial charge in [0, 0.05) is 16.4 Å². The molecule has 6 heteroatoms. The van der Waals surface area contributed by atoms with Crippen LogP contribution in [0.5, 0.6) is 0 Å². The Bertz CT molecular complexity index is 476. The fraction of sp³-hybridized carbons (Fsp3) is 0.538. The second kappa shape index (κ2) is 8.25. The average molecular weight is 369 g/mol. The molecule has 0 heterocycles. The Kier molecular flexibility index (Phi) is 7.36. The van der Waals surface area contributed by atoms with Crippen molar-refractivity contribution in [1.82, 2.24) is 4.72 Å². The summed E-state index contributed by atoms with van der Waals surface area (Å²) in [6.45, 7) is 1.88. The Labute approximate surface area is 128 Å². The van der Waals surface area contributed by atoms with Crippen LogP contribution in [0.25, 0.3) is 0 Å². The van der Waals surface area contributed by atoms with Crippen molar-refractivity contribution in [2.24, 2.45) is 0 Å². The van der Waals surface area contributed by atoms with Crippen molar-refractivity contribution in [3.05, 3.63) is 34.3 Å². The molecule has 0 aromatic heterocycles. The third-order valence-electron chi connectivity index (χ3n) is 2.63. The molecule has 1 aromatic rings. The highest BCUT2D eigenvalue weighted by molar-refractivity contribution is 9.10. The fourth-order valence-electron chi connectivity index (χ4n) is 1.77. The van der Waals surface area contributed by atoms with Gasteiger partial charge < -0.3 is 0 Å². The van der Waals surface area contributed by atoms with Crippen molar-refractivity contribution in [2.45, 2.75) is 32.2 Å². The second-order valence-electron chi connectivity index (χ2n) is 4.56. The van der Waals surface area contributed by atoms with E-state index in [1.54, 1.807) is 0 Å². The van der Waals surface area contributed by atoms with Gasteiger partial charge in [-0.15, -0.1) is 11.6 Å². The Balaban J connectivity index is 2.45. The van der Waals surface area contributed by atoms with Crippen molar-refractivity contribution < 1.29 is 8.42 Å². The monoisotopic (exact) mass is 367 g/mol. The molecule has 1 atom stereocenters. The molecule has 0 bridgehead atoms. The molecular formula is C13H19BrClNO2S. The zero-order chi connectivity index (χ0) is 14.3. The van der Waals surface area contributed by atoms with Crippen LogP contribution in [0, 0.1) is 0 Å². The van der Waals surface area contributed by atoms with Crippen molar-refractivity contribution in [2.75, 3.05) is 11.6 Å². The lowest BCUT2D eigenvalue weighted by Gasteiger charge is -2.14. The van der Waals surface area contributed by atoms with Gasteiger partial charge in [0.2, 0.25) is 10.0 Å². The predicted molar refractivity (Wildman–Crippen MR) is 84.2 cm³/mol. The number of nitrogens with one attached hydrogen (secondary N) is 1. The number of benzene rings is 1. The van der Waals surface area contributed by atoms with Gasteiger partial charge in [-0.3, -0.25) is 0 Å². The Morgan fingerprint density at radius 3 is 2.47 bits per heavy atom. The minimum Gasteiger partial charge on any atom is -0.212 e. The summed E-state index contributed by atoms with van der Waals surface area (Å²) >= 11 is 8.91. The second-order valence-corrected chi connectivity index (χ2v) is 7.73. The molecule has 1 N–H and O–H groups in total. The van der Waals surface area contributed by atoms with E-state index in [1.165, 1.54) is 0 Å². The van der Waals surface area contributed by atoms with E-state index in [4.69, 9.17) is 11.6 Å². The molecule has 0 spiro atoms. The number of sulfonamides is 1. The van der Waals surface area contributed by atoms with Crippen LogP contribution in [0.4, 0.5) is 0 Å². The van der Waals surface area contributed by atoms with Crippen LogP contribution >= 0.6 is 27.5 Å². The maximum atomic E-state index is 11.8. The molecule has 0 aliphatic heterocycles. The lowest BCUT2D eigenvalue weighted by molar-refractivity contribution is 0.557. The molecule has 0 aliphatic rings. The molecule has 0 saturated heterocycles. The molecule has 1 aromatic carbocycles. The number of halogens is 2. The largest absolute Gasteiger partial charge is 0.212 e. The molecule has 3 nitrogen and oxygen atoms in total. The van der Waals surface area contributed by atoms with Gasteiger partial charge in [0.25, 0.3) is 0 Å². The van der Waals surface area contributed by atoms with E-state index in [9.17, 15) is 8.42 Å². The average Bonchev–Trinajstić information content (AvgIpc) is 2.31. The number of hydrogen-bond donors (Lipinski definition) is 1. The van der Waals surface area contributed by atoms with Crippen LogP contribution in [-0.2, 0) is 16.4 Å². The fourth-order valence-corrected chi connectivity index (χ4v) is 3.62. The molecule has 0 aliphatic carbocycles. The van der Waals surface area contributed by atoms with Crippen LogP contribution in [0.3, 0.4) is 0 Å². The Morgan fingerprint density at radius 2 is 1.89 bits per heavy atom. The molecule has 19 heavy (non-hydrogen) atoms. The summed E-state index contributed by atoms with van der Waals surface area (Å²) < 4.78 is 27.3. The molecular weight excluding hydrogens is 350 g/mol. The molecule has 108 valence electrons. The maximum Gasteiger partial charge on any atom is 0.211 e. The highest BCUT2D eigenvalue weighted by Crippen LogP contribution is 2.12. The maximum absolute atomic E-state index is 11.8. The Hall–Kier alpha value is -0.100. The van der Waals surface area contributed by atoms with Gasteiger partial charge in [-0.25, -0.2) is 13.1 Å². The topological polar surface area (TPSA) is 46.2 Å². The van der Waals surface area contributed by atoms with Crippen LogP contribution in [0.15, 0.2) is 28.7 Å². The van der Waals surface area contributed by atoms with Crippen LogP contribution in [0.2, 0.25) is 0 Å². The smallest absolute Gasteiger partial charge is 0.211 e. The number of alkyl halides is 1. The van der Waals surface area contributed by atoms with E-state index in [1.807, 2.05) is 31.2 Å². The summed E-state index contributed by atoms with van der Waals surface area (Å²) in [4.78, 5) is 0. The summed E-state index contributed by atoms with van der Waals surface area (Å²) in [7, 11) is -3.20. The summed E-state index contributed by atoms with van der Waals surface area (Å²) in [5.41, 5.74) is 1.11. The lowest BCUT2D eigenvalue weighted by Crippen LogP contribution is -2.35. The first kappa shape index (κ1) is 17.0. The summed E-state index contributed by atoms with van der Waals surface area (Å²) in [5, 5.41) is 0. The minimum atomic E-state index is -3.20. The Morgan fingerprint density at radius 1 is 1.26 bits per heavy atom. The van der Waals surface area contributed by atoms with E-state index in [-0.39, 0.29) is 11.8 Å². The molecule has 0 fully saturated rings. The molecule has 1 rings (SSSR count). The third kappa shape index (κ3) is 7.30. The van der Waals surface area contributed by atoms with Gasteiger partial charge >= 0.3 is 0 Å². The third-order valence-corrected chi connectivity index (χ3v) is 5.02. The van der Waals surface area contributed by atoms with Crippen LogP contribution in [-0.4, -0.2) is 26.1 Å². The first-order valence-electron chi connectivity index (χ1n) is 6.23. The van der Waals surface area contributed by atoms with Gasteiger partial charge in [0.05, 0.1) is 5.75 Å². The van der Waals surface area contributed by atoms with Crippen molar-refractivity contribution in [1.29, 1.82) is 0 Å². The first-order chi connectivity index (χ1) is 8.93. The first-order valence-corrected chi connectivity index (χ1v) is 9.21. The van der Waals surface area contributed by atoms with E-state index in [0.717, 1.165) is 16.5 Å². The highest BCUT2D eigenvalue weighted by Gasteiger charge is 2.14. The van der Waals surface area contributed by atoms with Gasteiger partial charge in [0.15, 0.2) is 0 Å². The zero-order valence-electron chi connectivity index (χ0n) is 10.9. The van der Waals surface area contributed by atoms with Gasteiger partial charge in [-0.1, -0.05) is 28.1 Å². The van der Waals surface area contributed by atoms with E-state index in [2.05, 4.69) is 20.7 Å². The van der Waals surface area contributed by atoms with Gasteiger partial charge in [0.1, 0.15) is 0 Å². The predicted octanol–water partition coefficient (Wildman–Crippen LogP) is 3.32.